The van der Waals surface area contributed by atoms with Gasteiger partial charge in [-0.05, 0) is 17.7 Å². The van der Waals surface area contributed by atoms with Gasteiger partial charge in [0.15, 0.2) is 0 Å². The highest BCUT2D eigenvalue weighted by Gasteiger charge is 2.25. The Labute approximate surface area is 152 Å². The second-order valence-corrected chi connectivity index (χ2v) is 6.17. The first-order valence-corrected chi connectivity index (χ1v) is 8.62. The van der Waals surface area contributed by atoms with E-state index in [-0.39, 0.29) is 24.2 Å². The molecule has 0 bridgehead atoms. The normalized spacial score (nSPS) is 14.3. The summed E-state index contributed by atoms with van der Waals surface area (Å²) in [6.45, 7) is 2.25. The second-order valence-electron chi connectivity index (χ2n) is 6.17. The molecular formula is C20H22N2O4. The van der Waals surface area contributed by atoms with E-state index in [2.05, 4.69) is 0 Å². The van der Waals surface area contributed by atoms with Crippen LogP contribution >= 0.6 is 0 Å². The molecule has 2 amide bonds. The lowest BCUT2D eigenvalue weighted by Crippen LogP contribution is -2.51. The molecule has 1 aliphatic heterocycles. The van der Waals surface area contributed by atoms with Crippen molar-refractivity contribution < 1.29 is 19.4 Å². The third-order valence-corrected chi connectivity index (χ3v) is 4.39. The van der Waals surface area contributed by atoms with E-state index in [0.29, 0.717) is 38.3 Å². The summed E-state index contributed by atoms with van der Waals surface area (Å²) in [7, 11) is 0. The van der Waals surface area contributed by atoms with Crippen LogP contribution in [0.2, 0.25) is 0 Å². The molecule has 0 spiro atoms. The Bertz CT molecular complexity index is 755. The quantitative estimate of drug-likeness (QED) is 0.890. The third-order valence-electron chi connectivity index (χ3n) is 4.39. The average Bonchev–Trinajstić information content (AvgIpc) is 2.69. The zero-order valence-electron chi connectivity index (χ0n) is 14.5. The number of hydrogen-bond acceptors (Lipinski definition) is 4. The highest BCUT2D eigenvalue weighted by molar-refractivity contribution is 5.97. The van der Waals surface area contributed by atoms with Gasteiger partial charge in [-0.2, -0.15) is 0 Å². The molecule has 136 valence electrons. The number of rotatable bonds is 5. The maximum Gasteiger partial charge on any atom is 0.257 e. The lowest BCUT2D eigenvalue weighted by atomic mass is 10.1. The van der Waals surface area contributed by atoms with Crippen molar-refractivity contribution in [3.8, 4) is 5.75 Å². The van der Waals surface area contributed by atoms with Crippen LogP contribution in [0.25, 0.3) is 0 Å². The molecule has 26 heavy (non-hydrogen) atoms. The van der Waals surface area contributed by atoms with Gasteiger partial charge < -0.3 is 19.6 Å². The standard InChI is InChI=1S/C20H22N2O4/c23-18-9-5-4-8-17(18)20(25)22-12-10-21(11-13-22)19(24)15-26-14-16-6-2-1-3-7-16/h1-9,23H,10-15H2. The van der Waals surface area contributed by atoms with Crippen molar-refractivity contribution in [1.29, 1.82) is 0 Å². The van der Waals surface area contributed by atoms with Crippen molar-refractivity contribution in [2.75, 3.05) is 32.8 Å². The van der Waals surface area contributed by atoms with Crippen molar-refractivity contribution >= 4 is 11.8 Å². The fourth-order valence-electron chi connectivity index (χ4n) is 2.91. The summed E-state index contributed by atoms with van der Waals surface area (Å²) in [5, 5.41) is 9.81. The first-order chi connectivity index (χ1) is 12.6. The van der Waals surface area contributed by atoms with Gasteiger partial charge in [0.1, 0.15) is 12.4 Å². The summed E-state index contributed by atoms with van der Waals surface area (Å²) in [4.78, 5) is 28.1. The number of phenols is 1. The topological polar surface area (TPSA) is 70.1 Å². The molecule has 2 aromatic rings. The summed E-state index contributed by atoms with van der Waals surface area (Å²) in [6.07, 6.45) is 0. The molecule has 0 radical (unpaired) electrons. The van der Waals surface area contributed by atoms with E-state index in [0.717, 1.165) is 5.56 Å². The molecular weight excluding hydrogens is 332 g/mol. The smallest absolute Gasteiger partial charge is 0.257 e. The van der Waals surface area contributed by atoms with Crippen LogP contribution in [0.1, 0.15) is 15.9 Å². The summed E-state index contributed by atoms with van der Waals surface area (Å²) in [5.74, 6) is -0.309. The Morgan fingerprint density at radius 3 is 2.19 bits per heavy atom. The van der Waals surface area contributed by atoms with Crippen LogP contribution in [-0.2, 0) is 16.1 Å². The molecule has 1 saturated heterocycles. The van der Waals surface area contributed by atoms with Crippen molar-refractivity contribution in [2.45, 2.75) is 6.61 Å². The number of amides is 2. The summed E-state index contributed by atoms with van der Waals surface area (Å²) in [6, 6.07) is 16.2. The summed E-state index contributed by atoms with van der Waals surface area (Å²) < 4.78 is 5.49. The van der Waals surface area contributed by atoms with E-state index in [1.165, 1.54) is 6.07 Å². The highest BCUT2D eigenvalue weighted by atomic mass is 16.5. The lowest BCUT2D eigenvalue weighted by Gasteiger charge is -2.34. The number of carbonyl (C=O) groups is 2. The molecule has 0 atom stereocenters. The SMILES string of the molecule is O=C(COCc1ccccc1)N1CCN(C(=O)c2ccccc2O)CC1. The van der Waals surface area contributed by atoms with Gasteiger partial charge in [-0.25, -0.2) is 0 Å². The van der Waals surface area contributed by atoms with Gasteiger partial charge in [0.05, 0.1) is 12.2 Å². The molecule has 0 saturated carbocycles. The van der Waals surface area contributed by atoms with Crippen LogP contribution in [0.3, 0.4) is 0 Å². The molecule has 0 unspecified atom stereocenters. The number of ether oxygens (including phenoxy) is 1. The van der Waals surface area contributed by atoms with E-state index in [4.69, 9.17) is 4.74 Å². The minimum Gasteiger partial charge on any atom is -0.507 e. The van der Waals surface area contributed by atoms with E-state index < -0.39 is 0 Å². The predicted molar refractivity (Wildman–Crippen MR) is 96.7 cm³/mol. The Morgan fingerprint density at radius 1 is 0.885 bits per heavy atom. The average molecular weight is 354 g/mol. The van der Waals surface area contributed by atoms with Gasteiger partial charge in [-0.3, -0.25) is 9.59 Å². The number of aromatic hydroxyl groups is 1. The Kier molecular flexibility index (Phi) is 5.86. The minimum absolute atomic E-state index is 0.0229. The van der Waals surface area contributed by atoms with E-state index in [9.17, 15) is 14.7 Å². The minimum atomic E-state index is -0.212. The fraction of sp³-hybridized carbons (Fsp3) is 0.300. The van der Waals surface area contributed by atoms with Gasteiger partial charge in [0.2, 0.25) is 5.91 Å². The van der Waals surface area contributed by atoms with E-state index in [1.54, 1.807) is 28.0 Å². The number of carbonyl (C=O) groups excluding carboxylic acids is 2. The Morgan fingerprint density at radius 2 is 1.50 bits per heavy atom. The van der Waals surface area contributed by atoms with Gasteiger partial charge in [0.25, 0.3) is 5.91 Å². The zero-order chi connectivity index (χ0) is 18.4. The number of benzene rings is 2. The number of phenolic OH excluding ortho intramolecular Hbond substituents is 1. The molecule has 1 fully saturated rings. The maximum atomic E-state index is 12.5. The van der Waals surface area contributed by atoms with Gasteiger partial charge >= 0.3 is 0 Å². The second kappa shape index (κ2) is 8.49. The van der Waals surface area contributed by atoms with Crippen LogP contribution < -0.4 is 0 Å². The van der Waals surface area contributed by atoms with E-state index >= 15 is 0 Å². The molecule has 1 N–H and O–H groups in total. The fourth-order valence-corrected chi connectivity index (χ4v) is 2.91. The van der Waals surface area contributed by atoms with Gasteiger partial charge in [0, 0.05) is 26.2 Å². The maximum absolute atomic E-state index is 12.5. The van der Waals surface area contributed by atoms with Crippen molar-refractivity contribution in [1.82, 2.24) is 9.80 Å². The van der Waals surface area contributed by atoms with Gasteiger partial charge in [-0.15, -0.1) is 0 Å². The van der Waals surface area contributed by atoms with Gasteiger partial charge in [-0.1, -0.05) is 42.5 Å². The van der Waals surface area contributed by atoms with Crippen molar-refractivity contribution in [2.24, 2.45) is 0 Å². The van der Waals surface area contributed by atoms with Crippen LogP contribution in [-0.4, -0.2) is 59.5 Å². The largest absolute Gasteiger partial charge is 0.507 e. The number of hydrogen-bond donors (Lipinski definition) is 1. The van der Waals surface area contributed by atoms with Crippen molar-refractivity contribution in [3.05, 3.63) is 65.7 Å². The predicted octanol–water partition coefficient (Wildman–Crippen LogP) is 1.89. The molecule has 1 aliphatic rings. The lowest BCUT2D eigenvalue weighted by molar-refractivity contribution is -0.138. The van der Waals surface area contributed by atoms with Crippen LogP contribution in [0.4, 0.5) is 0 Å². The molecule has 6 nitrogen and oxygen atoms in total. The Hall–Kier alpha value is -2.86. The number of nitrogens with zero attached hydrogens (tertiary/aromatic N) is 2. The zero-order valence-corrected chi connectivity index (χ0v) is 14.5. The molecule has 6 heteroatoms. The monoisotopic (exact) mass is 354 g/mol. The van der Waals surface area contributed by atoms with E-state index in [1.807, 2.05) is 30.3 Å². The van der Waals surface area contributed by atoms with Crippen LogP contribution in [0.5, 0.6) is 5.75 Å². The first kappa shape index (κ1) is 17.9. The number of para-hydroxylation sites is 1. The molecule has 2 aromatic carbocycles. The number of piperazine rings is 1. The van der Waals surface area contributed by atoms with Crippen LogP contribution in [0, 0.1) is 0 Å². The summed E-state index contributed by atoms with van der Waals surface area (Å²) in [5.41, 5.74) is 1.32. The molecule has 0 aromatic heterocycles. The Balaban J connectivity index is 1.45. The highest BCUT2D eigenvalue weighted by Crippen LogP contribution is 2.18. The van der Waals surface area contributed by atoms with Crippen LogP contribution in [0.15, 0.2) is 54.6 Å². The first-order valence-electron chi connectivity index (χ1n) is 8.62. The summed E-state index contributed by atoms with van der Waals surface area (Å²) >= 11 is 0. The van der Waals surface area contributed by atoms with Crippen molar-refractivity contribution in [3.63, 3.8) is 0 Å². The molecule has 0 aliphatic carbocycles. The molecule has 3 rings (SSSR count). The molecule has 1 heterocycles. The third kappa shape index (κ3) is 4.40.